The van der Waals surface area contributed by atoms with Gasteiger partial charge in [0.05, 0.1) is 0 Å². The molecule has 0 aliphatic heterocycles. The molecule has 0 saturated carbocycles. The molecule has 0 amide bonds. The van der Waals surface area contributed by atoms with Crippen LogP contribution >= 0.6 is 0 Å². The van der Waals surface area contributed by atoms with Crippen molar-refractivity contribution in [2.75, 3.05) is 0 Å². The molecule has 5 heteroatoms. The second-order valence-electron chi connectivity index (χ2n) is 2.61. The third-order valence-corrected chi connectivity index (χ3v) is 1.06. The minimum absolute atomic E-state index is 0.178. The number of carbonyl (C=O) groups excluding carboxylic acids is 1. The van der Waals surface area contributed by atoms with Crippen LogP contribution in [0.1, 0.15) is 20.3 Å². The van der Waals surface area contributed by atoms with Crippen LogP contribution in [0, 0.1) is 0 Å². The Kier molecular flexibility index (Phi) is 4.37. The second-order valence-corrected chi connectivity index (χ2v) is 2.61. The van der Waals surface area contributed by atoms with Crippen molar-refractivity contribution >= 4 is 6.16 Å². The Hall–Kier alpha value is -1.13. The van der Waals surface area contributed by atoms with E-state index in [0.717, 1.165) is 13.8 Å². The Labute approximate surface area is 75.3 Å². The summed E-state index contributed by atoms with van der Waals surface area (Å²) in [6.07, 6.45) is -2.12. The smallest absolute Gasteiger partial charge is 0.400 e. The monoisotopic (exact) mass is 194 g/mol. The summed E-state index contributed by atoms with van der Waals surface area (Å²) in [6, 6.07) is 0. The van der Waals surface area contributed by atoms with Crippen molar-refractivity contribution in [3.8, 4) is 0 Å². The van der Waals surface area contributed by atoms with Crippen molar-refractivity contribution in [2.24, 2.45) is 0 Å². The van der Waals surface area contributed by atoms with Crippen LogP contribution in [0.15, 0.2) is 12.7 Å². The van der Waals surface area contributed by atoms with E-state index in [4.69, 9.17) is 0 Å². The third kappa shape index (κ3) is 6.07. The quantitative estimate of drug-likeness (QED) is 0.509. The fraction of sp³-hybridized carbons (Fsp3) is 0.625. The molecule has 0 N–H and O–H groups in total. The maximum absolute atomic E-state index is 13.1. The van der Waals surface area contributed by atoms with Crippen LogP contribution in [0.3, 0.4) is 0 Å². The van der Waals surface area contributed by atoms with Gasteiger partial charge in [-0.2, -0.15) is 4.39 Å². The van der Waals surface area contributed by atoms with Crippen LogP contribution in [0.5, 0.6) is 0 Å². The first-order chi connectivity index (χ1) is 5.87. The Morgan fingerprint density at radius 3 is 2.69 bits per heavy atom. The van der Waals surface area contributed by atoms with Crippen LogP contribution in [0.2, 0.25) is 0 Å². The van der Waals surface area contributed by atoms with E-state index in [0.29, 0.717) is 0 Å². The molecule has 2 unspecified atom stereocenters. The van der Waals surface area contributed by atoms with Crippen molar-refractivity contribution in [3.63, 3.8) is 0 Å². The van der Waals surface area contributed by atoms with Crippen LogP contribution in [0.4, 0.5) is 13.6 Å². The van der Waals surface area contributed by atoms with Gasteiger partial charge in [0, 0.05) is 20.3 Å². The highest BCUT2D eigenvalue weighted by Crippen LogP contribution is 2.18. The largest absolute Gasteiger partial charge is 0.513 e. The maximum atomic E-state index is 13.1. The summed E-state index contributed by atoms with van der Waals surface area (Å²) in [5.74, 6) is -2.20. The van der Waals surface area contributed by atoms with Crippen LogP contribution in [-0.2, 0) is 9.47 Å². The van der Waals surface area contributed by atoms with Crippen LogP contribution < -0.4 is 0 Å². The molecule has 0 rings (SSSR count). The molecule has 0 fully saturated rings. The van der Waals surface area contributed by atoms with Crippen molar-refractivity contribution in [1.82, 2.24) is 0 Å². The van der Waals surface area contributed by atoms with Gasteiger partial charge in [-0.1, -0.05) is 6.08 Å². The Morgan fingerprint density at radius 1 is 1.77 bits per heavy atom. The number of rotatable bonds is 4. The van der Waals surface area contributed by atoms with Gasteiger partial charge in [-0.05, 0) is 0 Å². The molecule has 0 aliphatic rings. The number of hydrogen-bond donors (Lipinski definition) is 0. The molecule has 0 spiro atoms. The highest BCUT2D eigenvalue weighted by atomic mass is 19.2. The summed E-state index contributed by atoms with van der Waals surface area (Å²) in [5.41, 5.74) is 0. The first kappa shape index (κ1) is 11.9. The van der Waals surface area contributed by atoms with E-state index in [9.17, 15) is 13.6 Å². The molecule has 0 aromatic heterocycles. The lowest BCUT2D eigenvalue weighted by Crippen LogP contribution is -2.27. The molecule has 3 nitrogen and oxygen atoms in total. The van der Waals surface area contributed by atoms with Gasteiger partial charge in [-0.3, -0.25) is 0 Å². The van der Waals surface area contributed by atoms with Crippen molar-refractivity contribution in [1.29, 1.82) is 0 Å². The van der Waals surface area contributed by atoms with Gasteiger partial charge in [-0.25, -0.2) is 9.18 Å². The number of ether oxygens (including phenoxy) is 2. The Morgan fingerprint density at radius 2 is 2.31 bits per heavy atom. The zero-order valence-electron chi connectivity index (χ0n) is 7.55. The topological polar surface area (TPSA) is 35.5 Å². The number of alkyl halides is 2. The molecule has 2 atom stereocenters. The van der Waals surface area contributed by atoms with Crippen molar-refractivity contribution in [2.45, 2.75) is 32.5 Å². The number of hydrogen-bond acceptors (Lipinski definition) is 3. The van der Waals surface area contributed by atoms with E-state index in [1.54, 1.807) is 0 Å². The van der Waals surface area contributed by atoms with E-state index in [2.05, 4.69) is 16.1 Å². The van der Waals surface area contributed by atoms with Gasteiger partial charge in [0.2, 0.25) is 6.36 Å². The zero-order valence-corrected chi connectivity index (χ0v) is 7.55. The summed E-state index contributed by atoms with van der Waals surface area (Å²) in [5, 5.41) is 0. The Bertz CT molecular complexity index is 190. The normalized spacial score (nSPS) is 16.9. The van der Waals surface area contributed by atoms with Crippen LogP contribution in [-0.4, -0.2) is 18.4 Å². The highest BCUT2D eigenvalue weighted by Gasteiger charge is 2.27. The van der Waals surface area contributed by atoms with Crippen LogP contribution in [0.25, 0.3) is 0 Å². The molecule has 0 heterocycles. The predicted molar refractivity (Wildman–Crippen MR) is 42.5 cm³/mol. The lowest BCUT2D eigenvalue weighted by molar-refractivity contribution is -0.121. The molecule has 0 radical (unpaired) electrons. The van der Waals surface area contributed by atoms with Gasteiger partial charge in [0.25, 0.3) is 5.85 Å². The van der Waals surface area contributed by atoms with Gasteiger partial charge in [0.15, 0.2) is 0 Å². The molecule has 0 aromatic carbocycles. The molecule has 0 aliphatic carbocycles. The summed E-state index contributed by atoms with van der Waals surface area (Å²) in [6.45, 7) is 5.28. The van der Waals surface area contributed by atoms with E-state index in [-0.39, 0.29) is 6.42 Å². The van der Waals surface area contributed by atoms with E-state index >= 15 is 0 Å². The molecular weight excluding hydrogens is 182 g/mol. The predicted octanol–water partition coefficient (Wildman–Crippen LogP) is 2.72. The van der Waals surface area contributed by atoms with E-state index in [1.807, 2.05) is 0 Å². The zero-order chi connectivity index (χ0) is 10.5. The lowest BCUT2D eigenvalue weighted by atomic mass is 10.2. The molecular formula is C8H12F2O3. The summed E-state index contributed by atoms with van der Waals surface area (Å²) < 4.78 is 33.2. The summed E-state index contributed by atoms with van der Waals surface area (Å²) in [4.78, 5) is 10.6. The maximum Gasteiger partial charge on any atom is 0.513 e. The molecule has 0 saturated heterocycles. The standard InChI is InChI=1S/C8H12F2O3/c1-4-5-8(3,10)13-7(11)12-6(2)9/h4,6H,1,5H2,2-3H3. The minimum Gasteiger partial charge on any atom is -0.400 e. The minimum atomic E-state index is -2.20. The highest BCUT2D eigenvalue weighted by molar-refractivity contribution is 5.60. The molecule has 76 valence electrons. The van der Waals surface area contributed by atoms with Gasteiger partial charge >= 0.3 is 6.16 Å². The van der Waals surface area contributed by atoms with Crippen molar-refractivity contribution in [3.05, 3.63) is 12.7 Å². The van der Waals surface area contributed by atoms with Crippen molar-refractivity contribution < 1.29 is 23.0 Å². The molecule has 0 aromatic rings. The van der Waals surface area contributed by atoms with E-state index < -0.39 is 18.4 Å². The molecule has 0 bridgehead atoms. The fourth-order valence-electron chi connectivity index (χ4n) is 0.630. The first-order valence-corrected chi connectivity index (χ1v) is 3.71. The summed E-state index contributed by atoms with van der Waals surface area (Å²) >= 11 is 0. The summed E-state index contributed by atoms with van der Waals surface area (Å²) in [7, 11) is 0. The molecule has 13 heavy (non-hydrogen) atoms. The lowest BCUT2D eigenvalue weighted by Gasteiger charge is -2.18. The third-order valence-electron chi connectivity index (χ3n) is 1.06. The fourth-order valence-corrected chi connectivity index (χ4v) is 0.630. The van der Waals surface area contributed by atoms with Gasteiger partial charge in [0.1, 0.15) is 0 Å². The van der Waals surface area contributed by atoms with E-state index in [1.165, 1.54) is 6.08 Å². The van der Waals surface area contributed by atoms with Gasteiger partial charge in [-0.15, -0.1) is 6.58 Å². The number of halogens is 2. The average molecular weight is 194 g/mol. The second kappa shape index (κ2) is 4.79. The SMILES string of the molecule is C=CCC(C)(F)OC(=O)OC(C)F. The van der Waals surface area contributed by atoms with Gasteiger partial charge < -0.3 is 9.47 Å². The first-order valence-electron chi connectivity index (χ1n) is 3.71. The average Bonchev–Trinajstić information content (AvgIpc) is 1.81. The Balaban J connectivity index is 3.96. The number of carbonyl (C=O) groups is 1.